The quantitative estimate of drug-likeness (QED) is 0.853. The first-order chi connectivity index (χ1) is 11.3. The lowest BCUT2D eigenvalue weighted by Crippen LogP contribution is -2.37. The molecule has 0 saturated carbocycles. The van der Waals surface area contributed by atoms with Crippen LogP contribution in [0.3, 0.4) is 0 Å². The molecule has 0 spiro atoms. The highest BCUT2D eigenvalue weighted by Crippen LogP contribution is 2.16. The Bertz CT molecular complexity index is 705. The molecule has 0 aliphatic heterocycles. The number of nitrogens with zero attached hydrogens (tertiary/aromatic N) is 1. The highest BCUT2D eigenvalue weighted by molar-refractivity contribution is 5.92. The van der Waals surface area contributed by atoms with Crippen LogP contribution in [-0.4, -0.2) is 35.5 Å². The molecule has 1 amide bonds. The molecule has 0 fully saturated rings. The van der Waals surface area contributed by atoms with Crippen LogP contribution in [0.2, 0.25) is 0 Å². The van der Waals surface area contributed by atoms with Crippen molar-refractivity contribution < 1.29 is 18.7 Å². The molecule has 1 atom stereocenters. The van der Waals surface area contributed by atoms with Gasteiger partial charge in [0.05, 0.1) is 12.2 Å². The molecular formula is C18H20F2N2O2. The SMILES string of the molecule is C[C@H](Cc1ccc(O)cc1)N(C)CC(=O)Nc1ccc(F)cc1F. The van der Waals surface area contributed by atoms with Crippen LogP contribution in [0.15, 0.2) is 42.5 Å². The molecule has 2 N–H and O–H groups in total. The molecule has 0 radical (unpaired) electrons. The molecule has 0 aromatic heterocycles. The Kier molecular flexibility index (Phi) is 5.87. The van der Waals surface area contributed by atoms with Crippen molar-refractivity contribution in [3.05, 3.63) is 59.7 Å². The number of hydrogen-bond acceptors (Lipinski definition) is 3. The molecule has 24 heavy (non-hydrogen) atoms. The number of nitrogens with one attached hydrogen (secondary N) is 1. The zero-order valence-corrected chi connectivity index (χ0v) is 13.6. The summed E-state index contributed by atoms with van der Waals surface area (Å²) in [5.41, 5.74) is 0.998. The van der Waals surface area contributed by atoms with Gasteiger partial charge < -0.3 is 10.4 Å². The van der Waals surface area contributed by atoms with Crippen molar-refractivity contribution in [2.45, 2.75) is 19.4 Å². The second-order valence-electron chi connectivity index (χ2n) is 5.81. The minimum atomic E-state index is -0.803. The maximum absolute atomic E-state index is 13.5. The number of phenols is 1. The average Bonchev–Trinajstić information content (AvgIpc) is 2.52. The van der Waals surface area contributed by atoms with E-state index in [1.807, 2.05) is 24.0 Å². The Morgan fingerprint density at radius 3 is 2.50 bits per heavy atom. The molecule has 0 heterocycles. The van der Waals surface area contributed by atoms with Gasteiger partial charge in [-0.2, -0.15) is 0 Å². The average molecular weight is 334 g/mol. The van der Waals surface area contributed by atoms with Crippen molar-refractivity contribution in [3.8, 4) is 5.75 Å². The number of likely N-dealkylation sites (N-methyl/N-ethyl adjacent to an activating group) is 1. The number of anilines is 1. The molecule has 0 bridgehead atoms. The van der Waals surface area contributed by atoms with E-state index in [-0.39, 0.29) is 29.9 Å². The van der Waals surface area contributed by atoms with Crippen LogP contribution in [0.5, 0.6) is 5.75 Å². The second kappa shape index (κ2) is 7.88. The molecule has 6 heteroatoms. The molecule has 0 aliphatic carbocycles. The lowest BCUT2D eigenvalue weighted by molar-refractivity contribution is -0.117. The third-order valence-electron chi connectivity index (χ3n) is 3.82. The first-order valence-electron chi connectivity index (χ1n) is 7.58. The maximum atomic E-state index is 13.5. The number of halogens is 2. The van der Waals surface area contributed by atoms with Gasteiger partial charge in [0.15, 0.2) is 0 Å². The van der Waals surface area contributed by atoms with Crippen molar-refractivity contribution in [3.63, 3.8) is 0 Å². The summed E-state index contributed by atoms with van der Waals surface area (Å²) in [5.74, 6) is -1.66. The number of carbonyl (C=O) groups is 1. The van der Waals surface area contributed by atoms with Crippen LogP contribution >= 0.6 is 0 Å². The smallest absolute Gasteiger partial charge is 0.238 e. The minimum Gasteiger partial charge on any atom is -0.508 e. The van der Waals surface area contributed by atoms with Crippen molar-refractivity contribution in [1.29, 1.82) is 0 Å². The normalized spacial score (nSPS) is 12.2. The highest BCUT2D eigenvalue weighted by atomic mass is 19.1. The van der Waals surface area contributed by atoms with Crippen molar-refractivity contribution in [2.75, 3.05) is 18.9 Å². The van der Waals surface area contributed by atoms with E-state index in [9.17, 15) is 18.7 Å². The number of hydrogen-bond donors (Lipinski definition) is 2. The fourth-order valence-electron chi connectivity index (χ4n) is 2.29. The topological polar surface area (TPSA) is 52.6 Å². The summed E-state index contributed by atoms with van der Waals surface area (Å²) in [6, 6.07) is 9.98. The van der Waals surface area contributed by atoms with E-state index in [0.29, 0.717) is 6.42 Å². The van der Waals surface area contributed by atoms with Gasteiger partial charge in [-0.25, -0.2) is 8.78 Å². The number of carbonyl (C=O) groups excluding carboxylic acids is 1. The van der Waals surface area contributed by atoms with E-state index in [1.54, 1.807) is 19.2 Å². The molecule has 0 unspecified atom stereocenters. The lowest BCUT2D eigenvalue weighted by Gasteiger charge is -2.24. The van der Waals surface area contributed by atoms with Crippen LogP contribution in [0.25, 0.3) is 0 Å². The number of rotatable bonds is 6. The third kappa shape index (κ3) is 5.03. The monoisotopic (exact) mass is 334 g/mol. The van der Waals surface area contributed by atoms with Gasteiger partial charge in [0.2, 0.25) is 5.91 Å². The standard InChI is InChI=1S/C18H20F2N2O2/c1-12(9-13-3-6-15(23)7-4-13)22(2)11-18(24)21-17-8-5-14(19)10-16(17)20/h3-8,10,12,23H,9,11H2,1-2H3,(H,21,24)/t12-/m1/s1. The van der Waals surface area contributed by atoms with Gasteiger partial charge in [-0.1, -0.05) is 12.1 Å². The molecule has 128 valence electrons. The Hall–Kier alpha value is -2.47. The fraction of sp³-hybridized carbons (Fsp3) is 0.278. The van der Waals surface area contributed by atoms with E-state index >= 15 is 0 Å². The van der Waals surface area contributed by atoms with E-state index in [0.717, 1.165) is 17.7 Å². The minimum absolute atomic E-state index is 0.0408. The Morgan fingerprint density at radius 2 is 1.88 bits per heavy atom. The zero-order valence-electron chi connectivity index (χ0n) is 13.6. The number of phenolic OH excluding ortho intramolecular Hbond substituents is 1. The number of amides is 1. The van der Waals surface area contributed by atoms with Crippen LogP contribution in [-0.2, 0) is 11.2 Å². The van der Waals surface area contributed by atoms with Gasteiger partial charge in [0.1, 0.15) is 17.4 Å². The number of aromatic hydroxyl groups is 1. The zero-order chi connectivity index (χ0) is 17.7. The van der Waals surface area contributed by atoms with Gasteiger partial charge in [-0.05, 0) is 50.2 Å². The summed E-state index contributed by atoms with van der Waals surface area (Å²) in [4.78, 5) is 13.9. The maximum Gasteiger partial charge on any atom is 0.238 e. The predicted molar refractivity (Wildman–Crippen MR) is 88.9 cm³/mol. The van der Waals surface area contributed by atoms with Crippen molar-refractivity contribution >= 4 is 11.6 Å². The summed E-state index contributed by atoms with van der Waals surface area (Å²) in [7, 11) is 1.80. The Morgan fingerprint density at radius 1 is 1.21 bits per heavy atom. The van der Waals surface area contributed by atoms with Gasteiger partial charge in [-0.15, -0.1) is 0 Å². The van der Waals surface area contributed by atoms with E-state index in [2.05, 4.69) is 5.32 Å². The number of benzene rings is 2. The van der Waals surface area contributed by atoms with Gasteiger partial charge in [-0.3, -0.25) is 9.69 Å². The summed E-state index contributed by atoms with van der Waals surface area (Å²) in [6.45, 7) is 2.05. The highest BCUT2D eigenvalue weighted by Gasteiger charge is 2.15. The summed E-state index contributed by atoms with van der Waals surface area (Å²) in [6.07, 6.45) is 0.703. The van der Waals surface area contributed by atoms with Gasteiger partial charge in [0.25, 0.3) is 0 Å². The van der Waals surface area contributed by atoms with Gasteiger partial charge >= 0.3 is 0 Å². The molecule has 4 nitrogen and oxygen atoms in total. The summed E-state index contributed by atoms with van der Waals surface area (Å²) in [5, 5.41) is 11.7. The van der Waals surface area contributed by atoms with Crippen LogP contribution in [0, 0.1) is 11.6 Å². The third-order valence-corrected chi connectivity index (χ3v) is 3.82. The first kappa shape index (κ1) is 17.9. The molecule has 2 rings (SSSR count). The first-order valence-corrected chi connectivity index (χ1v) is 7.58. The molecule has 2 aromatic carbocycles. The second-order valence-corrected chi connectivity index (χ2v) is 5.81. The Balaban J connectivity index is 1.89. The predicted octanol–water partition coefficient (Wildman–Crippen LogP) is 3.17. The van der Waals surface area contributed by atoms with Crippen molar-refractivity contribution in [1.82, 2.24) is 4.90 Å². The van der Waals surface area contributed by atoms with Gasteiger partial charge in [0, 0.05) is 12.1 Å². The van der Waals surface area contributed by atoms with Crippen LogP contribution in [0.4, 0.5) is 14.5 Å². The lowest BCUT2D eigenvalue weighted by atomic mass is 10.1. The van der Waals surface area contributed by atoms with E-state index in [1.165, 1.54) is 6.07 Å². The van der Waals surface area contributed by atoms with E-state index < -0.39 is 11.6 Å². The van der Waals surface area contributed by atoms with Crippen molar-refractivity contribution in [2.24, 2.45) is 0 Å². The largest absolute Gasteiger partial charge is 0.508 e. The fourth-order valence-corrected chi connectivity index (χ4v) is 2.29. The van der Waals surface area contributed by atoms with E-state index in [4.69, 9.17) is 0 Å². The van der Waals surface area contributed by atoms with Crippen LogP contribution < -0.4 is 5.32 Å². The van der Waals surface area contributed by atoms with Crippen LogP contribution in [0.1, 0.15) is 12.5 Å². The molecule has 0 aliphatic rings. The summed E-state index contributed by atoms with van der Waals surface area (Å²) < 4.78 is 26.4. The molecule has 0 saturated heterocycles. The molecular weight excluding hydrogens is 314 g/mol. The Labute approximate surface area is 139 Å². The summed E-state index contributed by atoms with van der Waals surface area (Å²) >= 11 is 0. The molecule has 2 aromatic rings.